The van der Waals surface area contributed by atoms with E-state index >= 15 is 0 Å². The van der Waals surface area contributed by atoms with Crippen molar-refractivity contribution in [3.63, 3.8) is 0 Å². The first-order chi connectivity index (χ1) is 12.1. The zero-order chi connectivity index (χ0) is 20.4. The SMILES string of the molecule is CCC(C)C(NC(=O)C(CS)NC(=O)C(C)NC(=O)C(N)CS)C(=O)O. The van der Waals surface area contributed by atoms with Crippen molar-refractivity contribution in [1.82, 2.24) is 16.0 Å². The fourth-order valence-corrected chi connectivity index (χ4v) is 2.32. The zero-order valence-electron chi connectivity index (χ0n) is 15.1. The molecule has 0 bridgehead atoms. The van der Waals surface area contributed by atoms with Crippen molar-refractivity contribution in [3.8, 4) is 0 Å². The Bertz CT molecular complexity index is 520. The summed E-state index contributed by atoms with van der Waals surface area (Å²) in [4.78, 5) is 47.4. The Balaban J connectivity index is 4.86. The minimum absolute atomic E-state index is 0.0404. The van der Waals surface area contributed by atoms with Gasteiger partial charge >= 0.3 is 5.97 Å². The molecule has 0 aromatic carbocycles. The molecule has 3 amide bonds. The molecule has 6 N–H and O–H groups in total. The minimum atomic E-state index is -1.15. The van der Waals surface area contributed by atoms with Gasteiger partial charge in [-0.3, -0.25) is 14.4 Å². The number of carbonyl (C=O) groups is 4. The number of rotatable bonds is 11. The van der Waals surface area contributed by atoms with Gasteiger partial charge in [-0.05, 0) is 12.8 Å². The van der Waals surface area contributed by atoms with Crippen LogP contribution in [-0.2, 0) is 19.2 Å². The Morgan fingerprint density at radius 1 is 0.962 bits per heavy atom. The number of nitrogens with one attached hydrogen (secondary N) is 3. The molecule has 0 saturated heterocycles. The Morgan fingerprint density at radius 3 is 1.96 bits per heavy atom. The monoisotopic (exact) mass is 408 g/mol. The van der Waals surface area contributed by atoms with Crippen LogP contribution in [0.25, 0.3) is 0 Å². The molecule has 0 heterocycles. The second-order valence-electron chi connectivity index (χ2n) is 5.97. The van der Waals surface area contributed by atoms with Gasteiger partial charge in [0.1, 0.15) is 18.1 Å². The number of carbonyl (C=O) groups excluding carboxylic acids is 3. The van der Waals surface area contributed by atoms with E-state index < -0.39 is 47.9 Å². The predicted molar refractivity (Wildman–Crippen MR) is 104 cm³/mol. The molecule has 5 atom stereocenters. The van der Waals surface area contributed by atoms with E-state index in [2.05, 4.69) is 41.2 Å². The molecule has 0 aromatic rings. The van der Waals surface area contributed by atoms with Crippen molar-refractivity contribution < 1.29 is 24.3 Å². The Morgan fingerprint density at radius 2 is 1.54 bits per heavy atom. The van der Waals surface area contributed by atoms with Crippen molar-refractivity contribution in [2.45, 2.75) is 51.4 Å². The summed E-state index contributed by atoms with van der Waals surface area (Å²) in [5, 5.41) is 16.5. The van der Waals surface area contributed by atoms with Crippen LogP contribution in [0, 0.1) is 5.92 Å². The summed E-state index contributed by atoms with van der Waals surface area (Å²) in [6.45, 7) is 4.95. The number of aliphatic carboxylic acids is 1. The molecule has 150 valence electrons. The maximum atomic E-state index is 12.3. The maximum absolute atomic E-state index is 12.3. The quantitative estimate of drug-likeness (QED) is 0.213. The summed E-state index contributed by atoms with van der Waals surface area (Å²) in [6, 6.07) is -3.91. The summed E-state index contributed by atoms with van der Waals surface area (Å²) < 4.78 is 0. The predicted octanol–water partition coefficient (Wildman–Crippen LogP) is -1.22. The van der Waals surface area contributed by atoms with Gasteiger partial charge in [0.2, 0.25) is 17.7 Å². The first-order valence-corrected chi connectivity index (χ1v) is 9.46. The van der Waals surface area contributed by atoms with E-state index in [-0.39, 0.29) is 17.4 Å². The second kappa shape index (κ2) is 12.0. The van der Waals surface area contributed by atoms with Gasteiger partial charge in [0.15, 0.2) is 0 Å². The van der Waals surface area contributed by atoms with Crippen molar-refractivity contribution in [2.24, 2.45) is 11.7 Å². The Hall–Kier alpha value is -1.46. The molecule has 11 heteroatoms. The van der Waals surface area contributed by atoms with E-state index in [9.17, 15) is 24.3 Å². The van der Waals surface area contributed by atoms with Gasteiger partial charge in [0.25, 0.3) is 0 Å². The van der Waals surface area contributed by atoms with Crippen LogP contribution in [-0.4, -0.2) is 64.5 Å². The molecule has 0 aliphatic heterocycles. The van der Waals surface area contributed by atoms with Gasteiger partial charge in [-0.15, -0.1) is 0 Å². The molecular formula is C15H28N4O5S2. The number of nitrogens with two attached hydrogens (primary N) is 1. The third kappa shape index (κ3) is 7.83. The molecule has 0 radical (unpaired) electrons. The zero-order valence-corrected chi connectivity index (χ0v) is 16.8. The van der Waals surface area contributed by atoms with Gasteiger partial charge in [-0.25, -0.2) is 4.79 Å². The summed E-state index contributed by atoms with van der Waals surface area (Å²) >= 11 is 7.93. The molecule has 0 saturated carbocycles. The van der Waals surface area contributed by atoms with Crippen molar-refractivity contribution in [1.29, 1.82) is 0 Å². The lowest BCUT2D eigenvalue weighted by Gasteiger charge is -2.24. The highest BCUT2D eigenvalue weighted by Gasteiger charge is 2.30. The molecule has 9 nitrogen and oxygen atoms in total. The third-order valence-corrected chi connectivity index (χ3v) is 4.64. The van der Waals surface area contributed by atoms with Gasteiger partial charge in [0, 0.05) is 11.5 Å². The van der Waals surface area contributed by atoms with Crippen molar-refractivity contribution >= 4 is 48.9 Å². The van der Waals surface area contributed by atoms with Crippen LogP contribution in [0.5, 0.6) is 0 Å². The smallest absolute Gasteiger partial charge is 0.326 e. The van der Waals surface area contributed by atoms with Gasteiger partial charge < -0.3 is 26.8 Å². The molecule has 0 rings (SSSR count). The van der Waals surface area contributed by atoms with E-state index in [4.69, 9.17) is 5.73 Å². The highest BCUT2D eigenvalue weighted by atomic mass is 32.1. The summed E-state index contributed by atoms with van der Waals surface area (Å²) in [5.74, 6) is -3.18. The average Bonchev–Trinajstić information content (AvgIpc) is 2.61. The minimum Gasteiger partial charge on any atom is -0.480 e. The van der Waals surface area contributed by atoms with E-state index in [0.717, 1.165) is 0 Å². The van der Waals surface area contributed by atoms with Gasteiger partial charge in [-0.2, -0.15) is 25.3 Å². The fourth-order valence-electron chi connectivity index (χ4n) is 1.90. The number of carboxylic acids is 1. The average molecular weight is 409 g/mol. The summed E-state index contributed by atoms with van der Waals surface area (Å²) in [6.07, 6.45) is 0.559. The van der Waals surface area contributed by atoms with E-state index in [1.807, 2.05) is 6.92 Å². The maximum Gasteiger partial charge on any atom is 0.326 e. The van der Waals surface area contributed by atoms with Gasteiger partial charge in [0.05, 0.1) is 6.04 Å². The lowest BCUT2D eigenvalue weighted by Crippen LogP contribution is -2.57. The molecule has 0 fully saturated rings. The van der Waals surface area contributed by atoms with Crippen LogP contribution in [0.1, 0.15) is 27.2 Å². The highest BCUT2D eigenvalue weighted by Crippen LogP contribution is 2.08. The van der Waals surface area contributed by atoms with E-state index in [0.29, 0.717) is 6.42 Å². The lowest BCUT2D eigenvalue weighted by atomic mass is 9.99. The second-order valence-corrected chi connectivity index (χ2v) is 6.70. The first kappa shape index (κ1) is 24.5. The van der Waals surface area contributed by atoms with Crippen LogP contribution < -0.4 is 21.7 Å². The molecule has 0 aromatic heterocycles. The van der Waals surface area contributed by atoms with Crippen LogP contribution in [0.2, 0.25) is 0 Å². The number of hydrogen-bond donors (Lipinski definition) is 7. The van der Waals surface area contributed by atoms with Gasteiger partial charge in [-0.1, -0.05) is 20.3 Å². The fraction of sp³-hybridized carbons (Fsp3) is 0.733. The molecule has 0 aliphatic carbocycles. The highest BCUT2D eigenvalue weighted by molar-refractivity contribution is 7.80. The number of hydrogen-bond acceptors (Lipinski definition) is 7. The lowest BCUT2D eigenvalue weighted by molar-refractivity contribution is -0.143. The van der Waals surface area contributed by atoms with E-state index in [1.54, 1.807) is 6.92 Å². The van der Waals surface area contributed by atoms with Crippen LogP contribution >= 0.6 is 25.3 Å². The standard InChI is InChI=1S/C15H28N4O5S2/c1-4-7(2)11(15(23)24)19-14(22)10(6-26)18-12(20)8(3)17-13(21)9(16)5-25/h7-11,25-26H,4-6,16H2,1-3H3,(H,17,21)(H,18,20)(H,19,22)(H,23,24). The molecule has 5 unspecified atom stereocenters. The van der Waals surface area contributed by atoms with Crippen LogP contribution in [0.15, 0.2) is 0 Å². The van der Waals surface area contributed by atoms with Crippen LogP contribution in [0.4, 0.5) is 0 Å². The summed E-state index contributed by atoms with van der Waals surface area (Å²) in [5.41, 5.74) is 5.51. The topological polar surface area (TPSA) is 151 Å². The molecule has 26 heavy (non-hydrogen) atoms. The normalized spacial score (nSPS) is 16.5. The Labute approximate surface area is 164 Å². The number of thiol groups is 2. The first-order valence-electron chi connectivity index (χ1n) is 8.20. The van der Waals surface area contributed by atoms with Crippen molar-refractivity contribution in [3.05, 3.63) is 0 Å². The van der Waals surface area contributed by atoms with E-state index in [1.165, 1.54) is 6.92 Å². The van der Waals surface area contributed by atoms with Crippen molar-refractivity contribution in [2.75, 3.05) is 11.5 Å². The molecule has 0 aliphatic rings. The number of amides is 3. The Kier molecular flexibility index (Phi) is 11.3. The largest absolute Gasteiger partial charge is 0.480 e. The summed E-state index contributed by atoms with van der Waals surface area (Å²) in [7, 11) is 0. The molecular weight excluding hydrogens is 380 g/mol. The van der Waals surface area contributed by atoms with Crippen LogP contribution in [0.3, 0.4) is 0 Å². The number of carboxylic acid groups (broad SMARTS) is 1. The molecule has 0 spiro atoms. The third-order valence-electron chi connectivity index (χ3n) is 3.88.